The third kappa shape index (κ3) is 3.52. The molecule has 0 aromatic heterocycles. The number of carbonyl (C=O) groups is 2. The molecule has 0 saturated carbocycles. The summed E-state index contributed by atoms with van der Waals surface area (Å²) in [5, 5.41) is 10.8. The van der Waals surface area contributed by atoms with Crippen LogP contribution in [0.3, 0.4) is 0 Å². The fourth-order valence-corrected chi connectivity index (χ4v) is 2.95. The number of nitrogens with zero attached hydrogens (tertiary/aromatic N) is 2. The number of nitrogens with two attached hydrogens (primary N) is 1. The largest absolute Gasteiger partial charge is 0.418 e. The molecule has 2 rings (SSSR count). The summed E-state index contributed by atoms with van der Waals surface area (Å²) in [6.45, 7) is 0.290. The van der Waals surface area contributed by atoms with E-state index in [4.69, 9.17) is 15.7 Å². The van der Waals surface area contributed by atoms with Gasteiger partial charge in [-0.3, -0.25) is 14.8 Å². The van der Waals surface area contributed by atoms with Crippen molar-refractivity contribution in [2.24, 2.45) is 5.73 Å². The second-order valence-corrected chi connectivity index (χ2v) is 6.02. The van der Waals surface area contributed by atoms with Crippen molar-refractivity contribution in [2.45, 2.75) is 31.3 Å². The number of amidine groups is 1. The van der Waals surface area contributed by atoms with Crippen molar-refractivity contribution in [3.63, 3.8) is 0 Å². The maximum atomic E-state index is 12.1. The summed E-state index contributed by atoms with van der Waals surface area (Å²) in [5.74, 6) is -0.578. The van der Waals surface area contributed by atoms with E-state index >= 15 is 0 Å². The molecule has 2 atom stereocenters. The van der Waals surface area contributed by atoms with Gasteiger partial charge < -0.3 is 16.0 Å². The molecule has 0 aromatic rings. The Morgan fingerprint density at radius 3 is 2.77 bits per heavy atom. The maximum Gasteiger partial charge on any atom is 0.418 e. The average molecular weight is 335 g/mol. The van der Waals surface area contributed by atoms with Gasteiger partial charge in [-0.15, -0.1) is 4.28 Å². The third-order valence-electron chi connectivity index (χ3n) is 3.48. The van der Waals surface area contributed by atoms with E-state index in [2.05, 4.69) is 9.60 Å². The van der Waals surface area contributed by atoms with Crippen LogP contribution in [0.15, 0.2) is 0 Å². The molecule has 0 spiro atoms. The average Bonchev–Trinajstić information content (AvgIpc) is 2.63. The van der Waals surface area contributed by atoms with Crippen molar-refractivity contribution in [3.8, 4) is 0 Å². The minimum atomic E-state index is -4.80. The van der Waals surface area contributed by atoms with Gasteiger partial charge in [-0.25, -0.2) is 4.79 Å². The molecule has 0 aromatic carbocycles. The summed E-state index contributed by atoms with van der Waals surface area (Å²) in [6, 6.07) is -1.98. The summed E-state index contributed by atoms with van der Waals surface area (Å²) >= 11 is 0. The molecular formula is C10H17N5O6S. The predicted molar refractivity (Wildman–Crippen MR) is 72.9 cm³/mol. The van der Waals surface area contributed by atoms with Crippen LogP contribution >= 0.6 is 0 Å². The molecule has 2 unspecified atom stereocenters. The van der Waals surface area contributed by atoms with Gasteiger partial charge in [0.1, 0.15) is 5.84 Å². The highest BCUT2D eigenvalue weighted by atomic mass is 32.3. The van der Waals surface area contributed by atoms with Gasteiger partial charge in [0.25, 0.3) is 0 Å². The van der Waals surface area contributed by atoms with E-state index in [9.17, 15) is 18.0 Å². The van der Waals surface area contributed by atoms with E-state index in [1.54, 1.807) is 0 Å². The Morgan fingerprint density at radius 1 is 1.50 bits per heavy atom. The number of amides is 3. The van der Waals surface area contributed by atoms with E-state index in [0.717, 1.165) is 0 Å². The molecule has 0 radical (unpaired) electrons. The quantitative estimate of drug-likeness (QED) is 0.267. The van der Waals surface area contributed by atoms with Gasteiger partial charge in [-0.1, -0.05) is 0 Å². The minimum absolute atomic E-state index is 0.0592. The number of hydroxylamine groups is 2. The Balaban J connectivity index is 2.06. The lowest BCUT2D eigenvalue weighted by Gasteiger charge is -2.30. The lowest BCUT2D eigenvalue weighted by Crippen LogP contribution is -2.50. The number of urea groups is 1. The predicted octanol–water partition coefficient (Wildman–Crippen LogP) is -1.57. The summed E-state index contributed by atoms with van der Waals surface area (Å²) in [6.07, 6.45) is 0.796. The summed E-state index contributed by atoms with van der Waals surface area (Å²) in [4.78, 5) is 24.8. The van der Waals surface area contributed by atoms with Gasteiger partial charge in [-0.05, 0) is 12.8 Å². The van der Waals surface area contributed by atoms with Crippen LogP contribution < -0.4 is 11.1 Å². The van der Waals surface area contributed by atoms with Crippen LogP contribution in [0.5, 0.6) is 0 Å². The zero-order chi connectivity index (χ0) is 16.5. The number of hydrogen-bond acceptors (Lipinski definition) is 7. The second kappa shape index (κ2) is 6.16. The first-order valence-electron chi connectivity index (χ1n) is 6.58. The van der Waals surface area contributed by atoms with Crippen LogP contribution in [0.25, 0.3) is 0 Å². The van der Waals surface area contributed by atoms with Gasteiger partial charge in [0.2, 0.25) is 5.91 Å². The molecule has 2 bridgehead atoms. The first-order valence-corrected chi connectivity index (χ1v) is 7.94. The highest BCUT2D eigenvalue weighted by molar-refractivity contribution is 7.80. The standard InChI is InChI=1S/C10H17N5O6S/c11-4-3-8(16)13-9(12)7-2-1-6-5-14(7)10(17)15(6)21-22(18,19)20/h6-7H,1-5,11H2,(H2,12,13,16)(H,18,19,20). The first kappa shape index (κ1) is 16.6. The lowest BCUT2D eigenvalue weighted by molar-refractivity contribution is -0.119. The molecule has 5 N–H and O–H groups in total. The topological polar surface area (TPSA) is 166 Å². The molecule has 124 valence electrons. The van der Waals surface area contributed by atoms with Crippen LogP contribution in [0, 0.1) is 5.41 Å². The van der Waals surface area contributed by atoms with E-state index in [-0.39, 0.29) is 25.3 Å². The number of hydrogen-bond donors (Lipinski definition) is 4. The Kier molecular flexibility index (Phi) is 4.65. The zero-order valence-corrected chi connectivity index (χ0v) is 12.4. The van der Waals surface area contributed by atoms with Crippen molar-refractivity contribution < 1.29 is 26.8 Å². The molecule has 22 heavy (non-hydrogen) atoms. The summed E-state index contributed by atoms with van der Waals surface area (Å²) in [5.41, 5.74) is 5.24. The van der Waals surface area contributed by atoms with Gasteiger partial charge in [0.15, 0.2) is 0 Å². The van der Waals surface area contributed by atoms with Crippen molar-refractivity contribution in [1.82, 2.24) is 15.3 Å². The summed E-state index contributed by atoms with van der Waals surface area (Å²) in [7, 11) is -4.80. The highest BCUT2D eigenvalue weighted by Crippen LogP contribution is 2.30. The summed E-state index contributed by atoms with van der Waals surface area (Å²) < 4.78 is 34.5. The van der Waals surface area contributed by atoms with Crippen LogP contribution in [0.2, 0.25) is 0 Å². The number of fused-ring (bicyclic) bond motifs is 2. The molecule has 3 amide bonds. The van der Waals surface area contributed by atoms with E-state index in [1.807, 2.05) is 0 Å². The maximum absolute atomic E-state index is 12.1. The molecule has 0 aliphatic carbocycles. The van der Waals surface area contributed by atoms with Gasteiger partial charge >= 0.3 is 16.4 Å². The molecule has 12 heteroatoms. The fourth-order valence-electron chi connectivity index (χ4n) is 2.56. The first-order chi connectivity index (χ1) is 10.2. The third-order valence-corrected chi connectivity index (χ3v) is 3.83. The Labute approximate surface area is 126 Å². The van der Waals surface area contributed by atoms with E-state index < -0.39 is 34.4 Å². The number of rotatable bonds is 5. The van der Waals surface area contributed by atoms with Gasteiger partial charge in [0.05, 0.1) is 12.1 Å². The zero-order valence-electron chi connectivity index (χ0n) is 11.6. The van der Waals surface area contributed by atoms with Gasteiger partial charge in [0, 0.05) is 19.5 Å². The number of nitrogens with one attached hydrogen (secondary N) is 2. The van der Waals surface area contributed by atoms with Crippen molar-refractivity contribution in [1.29, 1.82) is 5.41 Å². The Morgan fingerprint density at radius 2 is 2.18 bits per heavy atom. The fraction of sp³-hybridized carbons (Fsp3) is 0.700. The monoisotopic (exact) mass is 335 g/mol. The Bertz CT molecular complexity index is 593. The molecule has 2 aliphatic rings. The molecule has 2 fully saturated rings. The van der Waals surface area contributed by atoms with Crippen molar-refractivity contribution in [3.05, 3.63) is 0 Å². The van der Waals surface area contributed by atoms with E-state index in [0.29, 0.717) is 17.9 Å². The molecule has 2 aliphatic heterocycles. The van der Waals surface area contributed by atoms with E-state index in [1.165, 1.54) is 4.90 Å². The highest BCUT2D eigenvalue weighted by Gasteiger charge is 2.48. The van der Waals surface area contributed by atoms with Crippen LogP contribution in [-0.2, 0) is 19.5 Å². The van der Waals surface area contributed by atoms with Crippen LogP contribution in [-0.4, -0.2) is 65.9 Å². The van der Waals surface area contributed by atoms with Crippen molar-refractivity contribution in [2.75, 3.05) is 13.1 Å². The second-order valence-electron chi connectivity index (χ2n) is 5.01. The SMILES string of the molecule is N=C(NC(=O)CCN)C1CCC2CN1C(=O)N2OS(=O)(=O)O. The lowest BCUT2D eigenvalue weighted by atomic mass is 10.00. The van der Waals surface area contributed by atoms with Gasteiger partial charge in [-0.2, -0.15) is 13.5 Å². The molecule has 2 saturated heterocycles. The molecule has 2 heterocycles. The normalized spacial score (nSPS) is 24.5. The Hall–Kier alpha value is -1.76. The number of piperidine rings is 1. The number of carbonyl (C=O) groups excluding carboxylic acids is 2. The minimum Gasteiger partial charge on any atom is -0.330 e. The van der Waals surface area contributed by atoms with Crippen molar-refractivity contribution >= 4 is 28.2 Å². The molecular weight excluding hydrogens is 318 g/mol. The van der Waals surface area contributed by atoms with Crippen LogP contribution in [0.1, 0.15) is 19.3 Å². The molecule has 11 nitrogen and oxygen atoms in total. The smallest absolute Gasteiger partial charge is 0.330 e. The van der Waals surface area contributed by atoms with Crippen LogP contribution in [0.4, 0.5) is 4.79 Å².